The van der Waals surface area contributed by atoms with E-state index in [4.69, 9.17) is 4.74 Å². The molecular weight excluding hydrogens is 304 g/mol. The molecule has 1 aliphatic rings. The van der Waals surface area contributed by atoms with E-state index >= 15 is 0 Å². The quantitative estimate of drug-likeness (QED) is 0.870. The van der Waals surface area contributed by atoms with Crippen LogP contribution in [-0.4, -0.2) is 58.2 Å². The maximum atomic E-state index is 5.20. The number of likely N-dealkylation sites (tertiary alicyclic amines) is 1. The van der Waals surface area contributed by atoms with Gasteiger partial charge in [-0.3, -0.25) is 4.98 Å². The normalized spacial score (nSPS) is 18.5. The van der Waals surface area contributed by atoms with Crippen LogP contribution in [0.4, 0.5) is 11.6 Å². The summed E-state index contributed by atoms with van der Waals surface area (Å²) in [5.74, 6) is 2.66. The minimum Gasteiger partial charge on any atom is -0.383 e. The Bertz CT molecular complexity index is 651. The highest BCUT2D eigenvalue weighted by Crippen LogP contribution is 2.27. The summed E-state index contributed by atoms with van der Waals surface area (Å²) in [6.07, 6.45) is 7.34. The van der Waals surface area contributed by atoms with Crippen molar-refractivity contribution in [3.05, 3.63) is 36.2 Å². The summed E-state index contributed by atoms with van der Waals surface area (Å²) >= 11 is 0. The molecule has 0 amide bonds. The predicted octanol–water partition coefficient (Wildman–Crippen LogP) is 2.14. The monoisotopic (exact) mass is 328 g/mol. The number of aromatic nitrogens is 4. The largest absolute Gasteiger partial charge is 0.383 e. The van der Waals surface area contributed by atoms with E-state index in [1.165, 1.54) is 6.42 Å². The molecule has 0 spiro atoms. The third-order valence-corrected chi connectivity index (χ3v) is 4.21. The number of hydrogen-bond acceptors (Lipinski definition) is 7. The van der Waals surface area contributed by atoms with Crippen molar-refractivity contribution in [1.82, 2.24) is 24.8 Å². The summed E-state index contributed by atoms with van der Waals surface area (Å²) in [6.45, 7) is 5.83. The zero-order chi connectivity index (χ0) is 16.8. The SMILES string of the molecule is COCCN1CCCC(c2cc(Nc3cnccn3)nc(C)n2)C1. The van der Waals surface area contributed by atoms with Crippen LogP contribution < -0.4 is 5.32 Å². The molecule has 1 aliphatic heterocycles. The molecule has 1 N–H and O–H groups in total. The van der Waals surface area contributed by atoms with Crippen LogP contribution >= 0.6 is 0 Å². The Labute approximate surface area is 142 Å². The second-order valence-corrected chi connectivity index (χ2v) is 6.07. The topological polar surface area (TPSA) is 76.1 Å². The van der Waals surface area contributed by atoms with Gasteiger partial charge in [-0.25, -0.2) is 15.0 Å². The van der Waals surface area contributed by atoms with Crippen LogP contribution in [0.3, 0.4) is 0 Å². The number of nitrogens with zero attached hydrogens (tertiary/aromatic N) is 5. The van der Waals surface area contributed by atoms with Crippen molar-refractivity contribution in [3.8, 4) is 0 Å². The van der Waals surface area contributed by atoms with E-state index < -0.39 is 0 Å². The Morgan fingerprint density at radius 1 is 1.29 bits per heavy atom. The van der Waals surface area contributed by atoms with Crippen molar-refractivity contribution in [2.75, 3.05) is 38.7 Å². The summed E-state index contributed by atoms with van der Waals surface area (Å²) in [4.78, 5) is 19.9. The average molecular weight is 328 g/mol. The maximum absolute atomic E-state index is 5.20. The van der Waals surface area contributed by atoms with Gasteiger partial charge < -0.3 is 15.0 Å². The Morgan fingerprint density at radius 2 is 2.21 bits per heavy atom. The fourth-order valence-corrected chi connectivity index (χ4v) is 3.08. The van der Waals surface area contributed by atoms with E-state index in [1.807, 2.05) is 13.0 Å². The maximum Gasteiger partial charge on any atom is 0.150 e. The third kappa shape index (κ3) is 4.46. The molecule has 0 saturated carbocycles. The fourth-order valence-electron chi connectivity index (χ4n) is 3.08. The van der Waals surface area contributed by atoms with E-state index in [0.717, 1.165) is 50.0 Å². The lowest BCUT2D eigenvalue weighted by Crippen LogP contribution is -2.36. The smallest absolute Gasteiger partial charge is 0.150 e. The van der Waals surface area contributed by atoms with E-state index in [2.05, 4.69) is 30.2 Å². The van der Waals surface area contributed by atoms with Gasteiger partial charge >= 0.3 is 0 Å². The minimum atomic E-state index is 0.430. The summed E-state index contributed by atoms with van der Waals surface area (Å²) in [5.41, 5.74) is 1.09. The van der Waals surface area contributed by atoms with Crippen LogP contribution in [0.2, 0.25) is 0 Å². The molecule has 0 bridgehead atoms. The first-order valence-corrected chi connectivity index (χ1v) is 8.34. The number of ether oxygens (including phenoxy) is 1. The van der Waals surface area contributed by atoms with E-state index in [9.17, 15) is 0 Å². The molecule has 0 aliphatic carbocycles. The van der Waals surface area contributed by atoms with Gasteiger partial charge in [-0.15, -0.1) is 0 Å². The molecule has 1 fully saturated rings. The van der Waals surface area contributed by atoms with Crippen LogP contribution in [0, 0.1) is 6.92 Å². The minimum absolute atomic E-state index is 0.430. The Hall–Kier alpha value is -2.12. The Balaban J connectivity index is 1.73. The molecule has 1 atom stereocenters. The molecule has 3 rings (SSSR count). The second-order valence-electron chi connectivity index (χ2n) is 6.07. The fraction of sp³-hybridized carbons (Fsp3) is 0.529. The molecule has 0 radical (unpaired) electrons. The first-order chi connectivity index (χ1) is 11.7. The molecule has 2 aromatic rings. The third-order valence-electron chi connectivity index (χ3n) is 4.21. The molecular formula is C17H24N6O. The van der Waals surface area contributed by atoms with Gasteiger partial charge in [-0.2, -0.15) is 0 Å². The van der Waals surface area contributed by atoms with Gasteiger partial charge in [0.05, 0.1) is 18.5 Å². The van der Waals surface area contributed by atoms with Gasteiger partial charge in [0.15, 0.2) is 0 Å². The highest BCUT2D eigenvalue weighted by atomic mass is 16.5. The van der Waals surface area contributed by atoms with Gasteiger partial charge in [0.2, 0.25) is 0 Å². The van der Waals surface area contributed by atoms with Crippen molar-refractivity contribution >= 4 is 11.6 Å². The molecule has 7 nitrogen and oxygen atoms in total. The first kappa shape index (κ1) is 16.7. The summed E-state index contributed by atoms with van der Waals surface area (Å²) in [5, 5.41) is 3.21. The standard InChI is InChI=1S/C17H24N6O/c1-13-20-15(14-4-3-7-23(12-14)8-9-24-2)10-16(21-13)22-17-11-18-5-6-19-17/h5-6,10-11,14H,3-4,7-9,12H2,1-2H3,(H,19,20,21,22). The van der Waals surface area contributed by atoms with E-state index in [0.29, 0.717) is 11.7 Å². The number of nitrogens with one attached hydrogen (secondary N) is 1. The van der Waals surface area contributed by atoms with Gasteiger partial charge in [-0.05, 0) is 26.3 Å². The number of methoxy groups -OCH3 is 1. The van der Waals surface area contributed by atoms with Gasteiger partial charge in [0.1, 0.15) is 17.5 Å². The van der Waals surface area contributed by atoms with Crippen LogP contribution in [-0.2, 0) is 4.74 Å². The number of hydrogen-bond donors (Lipinski definition) is 1. The number of rotatable bonds is 6. The summed E-state index contributed by atoms with van der Waals surface area (Å²) in [7, 11) is 1.75. The van der Waals surface area contributed by atoms with Crippen LogP contribution in [0.5, 0.6) is 0 Å². The molecule has 24 heavy (non-hydrogen) atoms. The first-order valence-electron chi connectivity index (χ1n) is 8.34. The highest BCUT2D eigenvalue weighted by Gasteiger charge is 2.23. The lowest BCUT2D eigenvalue weighted by molar-refractivity contribution is 0.127. The van der Waals surface area contributed by atoms with Crippen LogP contribution in [0.1, 0.15) is 30.3 Å². The highest BCUT2D eigenvalue weighted by molar-refractivity contribution is 5.50. The molecule has 2 aromatic heterocycles. The summed E-state index contributed by atoms with van der Waals surface area (Å²) < 4.78 is 5.20. The van der Waals surface area contributed by atoms with Gasteiger partial charge in [0.25, 0.3) is 0 Å². The van der Waals surface area contributed by atoms with Crippen LogP contribution in [0.15, 0.2) is 24.7 Å². The molecule has 0 aromatic carbocycles. The molecule has 128 valence electrons. The number of piperidine rings is 1. The van der Waals surface area contributed by atoms with Gasteiger partial charge in [-0.1, -0.05) is 0 Å². The predicted molar refractivity (Wildman–Crippen MR) is 92.4 cm³/mol. The Kier molecular flexibility index (Phi) is 5.66. The van der Waals surface area contributed by atoms with Crippen molar-refractivity contribution in [2.24, 2.45) is 0 Å². The van der Waals surface area contributed by atoms with Crippen LogP contribution in [0.25, 0.3) is 0 Å². The van der Waals surface area contributed by atoms with E-state index in [-0.39, 0.29) is 0 Å². The lowest BCUT2D eigenvalue weighted by Gasteiger charge is -2.32. The molecule has 1 saturated heterocycles. The zero-order valence-electron chi connectivity index (χ0n) is 14.3. The second kappa shape index (κ2) is 8.12. The Morgan fingerprint density at radius 3 is 3.00 bits per heavy atom. The summed E-state index contributed by atoms with van der Waals surface area (Å²) in [6, 6.07) is 2.03. The molecule has 3 heterocycles. The number of aryl methyl sites for hydroxylation is 1. The van der Waals surface area contributed by atoms with Gasteiger partial charge in [0, 0.05) is 44.6 Å². The van der Waals surface area contributed by atoms with Crippen molar-refractivity contribution in [1.29, 1.82) is 0 Å². The van der Waals surface area contributed by atoms with Crippen molar-refractivity contribution < 1.29 is 4.74 Å². The average Bonchev–Trinajstić information content (AvgIpc) is 2.60. The number of anilines is 2. The van der Waals surface area contributed by atoms with E-state index in [1.54, 1.807) is 25.7 Å². The molecule has 1 unspecified atom stereocenters. The van der Waals surface area contributed by atoms with Crippen molar-refractivity contribution in [2.45, 2.75) is 25.7 Å². The van der Waals surface area contributed by atoms with Crippen molar-refractivity contribution in [3.63, 3.8) is 0 Å². The molecule has 7 heteroatoms. The lowest BCUT2D eigenvalue weighted by atomic mass is 9.94. The zero-order valence-corrected chi connectivity index (χ0v) is 14.3.